The van der Waals surface area contributed by atoms with Crippen LogP contribution in [0, 0.1) is 19.7 Å². The van der Waals surface area contributed by atoms with E-state index in [0.717, 1.165) is 5.01 Å². The first-order valence-electron chi connectivity index (χ1n) is 8.74. The van der Waals surface area contributed by atoms with Crippen molar-refractivity contribution in [2.24, 2.45) is 0 Å². The second kappa shape index (κ2) is 8.30. The van der Waals surface area contributed by atoms with Gasteiger partial charge in [-0.2, -0.15) is 0 Å². The third-order valence-electron chi connectivity index (χ3n) is 4.16. The van der Waals surface area contributed by atoms with Crippen molar-refractivity contribution < 1.29 is 17.6 Å². The summed E-state index contributed by atoms with van der Waals surface area (Å²) < 4.78 is 41.8. The van der Waals surface area contributed by atoms with Crippen molar-refractivity contribution in [3.8, 4) is 0 Å². The lowest BCUT2D eigenvalue weighted by atomic mass is 10.2. The second-order valence-corrected chi connectivity index (χ2v) is 9.40. The minimum absolute atomic E-state index is 0.00209. The molecule has 0 spiro atoms. The van der Waals surface area contributed by atoms with Crippen molar-refractivity contribution in [2.75, 3.05) is 9.62 Å². The van der Waals surface area contributed by atoms with Gasteiger partial charge in [-0.3, -0.25) is 9.10 Å². The second-order valence-electron chi connectivity index (χ2n) is 6.51. The van der Waals surface area contributed by atoms with Crippen LogP contribution < -0.4 is 9.62 Å². The van der Waals surface area contributed by atoms with Crippen LogP contribution in [0.25, 0.3) is 0 Å². The fourth-order valence-corrected chi connectivity index (χ4v) is 5.12. The van der Waals surface area contributed by atoms with Gasteiger partial charge in [0.25, 0.3) is 10.0 Å². The molecule has 0 aliphatic carbocycles. The van der Waals surface area contributed by atoms with Gasteiger partial charge < -0.3 is 5.32 Å². The number of halogens is 1. The normalized spacial score (nSPS) is 11.3. The molecule has 0 atom stereocenters. The molecule has 3 aromatic rings. The van der Waals surface area contributed by atoms with E-state index in [1.165, 1.54) is 52.9 Å². The number of aromatic nitrogens is 1. The molecule has 1 aromatic heterocycles. The zero-order chi connectivity index (χ0) is 21.2. The quantitative estimate of drug-likeness (QED) is 0.630. The number of anilines is 2. The highest BCUT2D eigenvalue weighted by atomic mass is 32.2. The summed E-state index contributed by atoms with van der Waals surface area (Å²) >= 11 is 1.42. The SMILES string of the molecule is CC(=O)Nc1ccc(C)c(S(=O)(=O)N(Cc2csc(C)n2)c2ccc(F)cc2)c1. The highest BCUT2D eigenvalue weighted by molar-refractivity contribution is 7.92. The lowest BCUT2D eigenvalue weighted by molar-refractivity contribution is -0.114. The van der Waals surface area contributed by atoms with E-state index in [1.54, 1.807) is 24.4 Å². The summed E-state index contributed by atoms with van der Waals surface area (Å²) in [5, 5.41) is 5.21. The molecular weight excluding hydrogens is 413 g/mol. The molecule has 2 aromatic carbocycles. The van der Waals surface area contributed by atoms with E-state index in [9.17, 15) is 17.6 Å². The first kappa shape index (κ1) is 20.9. The van der Waals surface area contributed by atoms with E-state index in [4.69, 9.17) is 0 Å². The number of amides is 1. The molecule has 152 valence electrons. The van der Waals surface area contributed by atoms with Gasteiger partial charge in [-0.1, -0.05) is 6.07 Å². The number of hydrogen-bond donors (Lipinski definition) is 1. The molecule has 0 bridgehead atoms. The third-order valence-corrected chi connectivity index (χ3v) is 6.90. The summed E-state index contributed by atoms with van der Waals surface area (Å²) in [6.45, 7) is 4.87. The van der Waals surface area contributed by atoms with Crippen LogP contribution in [-0.2, 0) is 21.4 Å². The van der Waals surface area contributed by atoms with Crippen LogP contribution in [0.5, 0.6) is 0 Å². The number of aryl methyl sites for hydroxylation is 2. The Bertz CT molecular complexity index is 1140. The zero-order valence-corrected chi connectivity index (χ0v) is 17.8. The van der Waals surface area contributed by atoms with Crippen molar-refractivity contribution in [1.29, 1.82) is 0 Å². The number of nitrogens with one attached hydrogen (secondary N) is 1. The summed E-state index contributed by atoms with van der Waals surface area (Å²) in [6.07, 6.45) is 0. The van der Waals surface area contributed by atoms with Crippen LogP contribution in [0.3, 0.4) is 0 Å². The molecule has 29 heavy (non-hydrogen) atoms. The fourth-order valence-electron chi connectivity index (χ4n) is 2.83. The third kappa shape index (κ3) is 4.80. The van der Waals surface area contributed by atoms with Crippen molar-refractivity contribution in [2.45, 2.75) is 32.2 Å². The first-order chi connectivity index (χ1) is 13.7. The molecule has 0 saturated carbocycles. The fraction of sp³-hybridized carbons (Fsp3) is 0.200. The summed E-state index contributed by atoms with van der Waals surface area (Å²) in [4.78, 5) is 15.8. The van der Waals surface area contributed by atoms with Gasteiger partial charge in [0.2, 0.25) is 5.91 Å². The van der Waals surface area contributed by atoms with Gasteiger partial charge in [-0.25, -0.2) is 17.8 Å². The number of rotatable bonds is 6. The molecule has 1 N–H and O–H groups in total. The van der Waals surface area contributed by atoms with E-state index in [2.05, 4.69) is 10.3 Å². The van der Waals surface area contributed by atoms with Crippen LogP contribution >= 0.6 is 11.3 Å². The van der Waals surface area contributed by atoms with Gasteiger partial charge in [-0.15, -0.1) is 11.3 Å². The molecule has 3 rings (SSSR count). The van der Waals surface area contributed by atoms with Crippen LogP contribution in [-0.4, -0.2) is 19.3 Å². The number of sulfonamides is 1. The van der Waals surface area contributed by atoms with Crippen LogP contribution in [0.4, 0.5) is 15.8 Å². The van der Waals surface area contributed by atoms with Gasteiger partial charge in [0.1, 0.15) is 5.82 Å². The summed E-state index contributed by atoms with van der Waals surface area (Å²) in [6, 6.07) is 9.96. The van der Waals surface area contributed by atoms with E-state index < -0.39 is 15.8 Å². The molecule has 0 radical (unpaired) electrons. The van der Waals surface area contributed by atoms with Crippen molar-refractivity contribution in [3.63, 3.8) is 0 Å². The molecule has 0 fully saturated rings. The predicted octanol–water partition coefficient (Wildman–Crippen LogP) is 4.25. The minimum atomic E-state index is -4.02. The zero-order valence-electron chi connectivity index (χ0n) is 16.1. The lowest BCUT2D eigenvalue weighted by Gasteiger charge is -2.25. The van der Waals surface area contributed by atoms with Crippen LogP contribution in [0.15, 0.2) is 52.7 Å². The smallest absolute Gasteiger partial charge is 0.265 e. The molecule has 0 saturated heterocycles. The van der Waals surface area contributed by atoms with E-state index in [1.807, 2.05) is 6.92 Å². The number of nitrogens with zero attached hydrogens (tertiary/aromatic N) is 2. The lowest BCUT2D eigenvalue weighted by Crippen LogP contribution is -2.31. The standard InChI is InChI=1S/C20H20FN3O3S2/c1-13-4-7-17(22-14(2)25)10-20(13)29(26,27)24(11-18-12-28-15(3)23-18)19-8-5-16(21)6-9-19/h4-10,12H,11H2,1-3H3,(H,22,25). The Morgan fingerprint density at radius 1 is 1.17 bits per heavy atom. The number of thiazole rings is 1. The van der Waals surface area contributed by atoms with E-state index in [0.29, 0.717) is 22.6 Å². The van der Waals surface area contributed by atoms with Crippen LogP contribution in [0.2, 0.25) is 0 Å². The molecule has 0 aliphatic heterocycles. The summed E-state index contributed by atoms with van der Waals surface area (Å²) in [5.74, 6) is -0.759. The maximum atomic E-state index is 13.6. The summed E-state index contributed by atoms with van der Waals surface area (Å²) in [7, 11) is -4.02. The number of carbonyl (C=O) groups excluding carboxylic acids is 1. The number of hydrogen-bond acceptors (Lipinski definition) is 5. The van der Waals surface area contributed by atoms with Gasteiger partial charge in [0.15, 0.2) is 0 Å². The average Bonchev–Trinajstić information content (AvgIpc) is 3.06. The monoisotopic (exact) mass is 433 g/mol. The maximum absolute atomic E-state index is 13.6. The van der Waals surface area contributed by atoms with E-state index in [-0.39, 0.29) is 17.3 Å². The Hall–Kier alpha value is -2.78. The average molecular weight is 434 g/mol. The first-order valence-corrected chi connectivity index (χ1v) is 11.1. The summed E-state index contributed by atoms with van der Waals surface area (Å²) in [5.41, 5.74) is 1.82. The Morgan fingerprint density at radius 3 is 2.45 bits per heavy atom. The Kier molecular flexibility index (Phi) is 5.99. The van der Waals surface area contributed by atoms with Crippen molar-refractivity contribution >= 4 is 38.6 Å². The molecular formula is C20H20FN3O3S2. The maximum Gasteiger partial charge on any atom is 0.265 e. The molecule has 0 unspecified atom stereocenters. The highest BCUT2D eigenvalue weighted by Crippen LogP contribution is 2.30. The molecule has 1 amide bonds. The predicted molar refractivity (Wildman–Crippen MR) is 112 cm³/mol. The topological polar surface area (TPSA) is 79.4 Å². The molecule has 9 heteroatoms. The molecule has 6 nitrogen and oxygen atoms in total. The molecule has 0 aliphatic rings. The van der Waals surface area contributed by atoms with Crippen molar-refractivity contribution in [1.82, 2.24) is 4.98 Å². The van der Waals surface area contributed by atoms with Gasteiger partial charge in [0.05, 0.1) is 27.8 Å². The number of carbonyl (C=O) groups is 1. The largest absolute Gasteiger partial charge is 0.326 e. The van der Waals surface area contributed by atoms with E-state index >= 15 is 0 Å². The van der Waals surface area contributed by atoms with Crippen molar-refractivity contribution in [3.05, 3.63) is 69.9 Å². The number of benzene rings is 2. The van der Waals surface area contributed by atoms with Crippen LogP contribution in [0.1, 0.15) is 23.2 Å². The van der Waals surface area contributed by atoms with Gasteiger partial charge in [0, 0.05) is 18.0 Å². The molecule has 1 heterocycles. The highest BCUT2D eigenvalue weighted by Gasteiger charge is 2.28. The minimum Gasteiger partial charge on any atom is -0.326 e. The Morgan fingerprint density at radius 2 is 1.86 bits per heavy atom. The Labute approximate surface area is 173 Å². The van der Waals surface area contributed by atoms with Gasteiger partial charge >= 0.3 is 0 Å². The Balaban J connectivity index is 2.10. The van der Waals surface area contributed by atoms with Gasteiger partial charge in [-0.05, 0) is 55.8 Å².